The van der Waals surface area contributed by atoms with Crippen LogP contribution in [0.15, 0.2) is 29.5 Å². The van der Waals surface area contributed by atoms with E-state index < -0.39 is 0 Å². The van der Waals surface area contributed by atoms with E-state index in [4.69, 9.17) is 0 Å². The molecule has 0 aliphatic rings. The first-order valence-electron chi connectivity index (χ1n) is 8.39. The lowest BCUT2D eigenvalue weighted by molar-refractivity contribution is 0.616. The smallest absolute Gasteiger partial charge is 0.191 e. The topological polar surface area (TPSA) is 70.4 Å². The van der Waals surface area contributed by atoms with Gasteiger partial charge >= 0.3 is 0 Å². The van der Waals surface area contributed by atoms with Gasteiger partial charge in [0.1, 0.15) is 18.0 Å². The minimum absolute atomic E-state index is 0.204. The lowest BCUT2D eigenvalue weighted by Crippen LogP contribution is -2.37. The minimum Gasteiger partial charge on any atom is -0.370 e. The van der Waals surface area contributed by atoms with Crippen LogP contribution in [0.5, 0.6) is 0 Å². The normalized spacial score (nSPS) is 11.5. The molecule has 0 aliphatic heterocycles. The maximum atomic E-state index is 14.3. The van der Waals surface area contributed by atoms with Crippen molar-refractivity contribution in [1.82, 2.24) is 25.4 Å². The van der Waals surface area contributed by atoms with E-state index in [0.29, 0.717) is 24.7 Å². The molecule has 0 bridgehead atoms. The molecule has 0 radical (unpaired) electrons. The van der Waals surface area contributed by atoms with Crippen molar-refractivity contribution in [2.75, 3.05) is 25.0 Å². The van der Waals surface area contributed by atoms with Crippen LogP contribution in [-0.2, 0) is 20.1 Å². The molecule has 136 valence electrons. The van der Waals surface area contributed by atoms with Crippen molar-refractivity contribution in [2.24, 2.45) is 12.0 Å². The molecule has 25 heavy (non-hydrogen) atoms. The molecular weight excluding hydrogens is 321 g/mol. The molecule has 8 heteroatoms. The zero-order chi connectivity index (χ0) is 18.2. The summed E-state index contributed by atoms with van der Waals surface area (Å²) in [6, 6.07) is 5.32. The van der Waals surface area contributed by atoms with Crippen LogP contribution in [0.3, 0.4) is 0 Å². The fourth-order valence-corrected chi connectivity index (χ4v) is 2.53. The standard InChI is InChI=1S/C17H26FN7/c1-5-25(6-2)15-8-7-13(9-14(15)18)10-20-17(19-3)21-11-16-22-12-23-24(16)4/h7-9,12H,5-6,10-11H2,1-4H3,(H2,19,20,21). The van der Waals surface area contributed by atoms with Crippen LogP contribution in [0.1, 0.15) is 25.2 Å². The number of guanidine groups is 1. The van der Waals surface area contributed by atoms with Crippen LogP contribution in [-0.4, -0.2) is 40.9 Å². The summed E-state index contributed by atoms with van der Waals surface area (Å²) >= 11 is 0. The molecule has 1 aromatic heterocycles. The van der Waals surface area contributed by atoms with E-state index in [1.807, 2.05) is 37.9 Å². The third-order valence-electron chi connectivity index (χ3n) is 4.02. The highest BCUT2D eigenvalue weighted by atomic mass is 19.1. The molecule has 2 aromatic rings. The molecule has 0 aliphatic carbocycles. The van der Waals surface area contributed by atoms with Crippen molar-refractivity contribution in [2.45, 2.75) is 26.9 Å². The number of aryl methyl sites for hydroxylation is 1. The average molecular weight is 347 g/mol. The molecule has 0 atom stereocenters. The fraction of sp³-hybridized carbons (Fsp3) is 0.471. The molecule has 0 fully saturated rings. The largest absolute Gasteiger partial charge is 0.370 e. The van der Waals surface area contributed by atoms with E-state index in [-0.39, 0.29) is 5.82 Å². The quantitative estimate of drug-likeness (QED) is 0.589. The minimum atomic E-state index is -0.204. The van der Waals surface area contributed by atoms with Crippen LogP contribution >= 0.6 is 0 Å². The number of halogens is 1. The van der Waals surface area contributed by atoms with Gasteiger partial charge in [0.25, 0.3) is 0 Å². The Morgan fingerprint density at radius 2 is 1.96 bits per heavy atom. The number of hydrogen-bond acceptors (Lipinski definition) is 4. The SMILES string of the molecule is CCN(CC)c1ccc(CNC(=NC)NCc2ncnn2C)cc1F. The Balaban J connectivity index is 1.93. The third kappa shape index (κ3) is 4.91. The summed E-state index contributed by atoms with van der Waals surface area (Å²) in [5.41, 5.74) is 1.49. The van der Waals surface area contributed by atoms with Crippen LogP contribution in [0.2, 0.25) is 0 Å². The highest BCUT2D eigenvalue weighted by Gasteiger charge is 2.09. The van der Waals surface area contributed by atoms with Crippen molar-refractivity contribution >= 4 is 11.6 Å². The Hall–Kier alpha value is -2.64. The molecule has 0 saturated heterocycles. The predicted octanol–water partition coefficient (Wildman–Crippen LogP) is 1.67. The Bertz CT molecular complexity index is 707. The molecule has 1 heterocycles. The maximum Gasteiger partial charge on any atom is 0.191 e. The number of nitrogens with one attached hydrogen (secondary N) is 2. The molecule has 2 N–H and O–H groups in total. The van der Waals surface area contributed by atoms with Gasteiger partial charge < -0.3 is 15.5 Å². The van der Waals surface area contributed by atoms with Gasteiger partial charge in [-0.15, -0.1) is 0 Å². The third-order valence-corrected chi connectivity index (χ3v) is 4.02. The number of hydrogen-bond donors (Lipinski definition) is 2. The van der Waals surface area contributed by atoms with Gasteiger partial charge in [-0.3, -0.25) is 9.67 Å². The fourth-order valence-electron chi connectivity index (χ4n) is 2.53. The summed E-state index contributed by atoms with van der Waals surface area (Å²) in [6.45, 7) is 6.59. The molecule has 7 nitrogen and oxygen atoms in total. The predicted molar refractivity (Wildman–Crippen MR) is 98.0 cm³/mol. The monoisotopic (exact) mass is 347 g/mol. The Kier molecular flexibility index (Phi) is 6.73. The lowest BCUT2D eigenvalue weighted by atomic mass is 10.2. The van der Waals surface area contributed by atoms with Gasteiger partial charge in [0.05, 0.1) is 12.2 Å². The van der Waals surface area contributed by atoms with E-state index in [1.165, 1.54) is 6.33 Å². The summed E-state index contributed by atoms with van der Waals surface area (Å²) in [5, 5.41) is 10.4. The van der Waals surface area contributed by atoms with Gasteiger partial charge in [0.2, 0.25) is 0 Å². The Morgan fingerprint density at radius 3 is 2.52 bits per heavy atom. The van der Waals surface area contributed by atoms with Gasteiger partial charge in [-0.25, -0.2) is 9.37 Å². The van der Waals surface area contributed by atoms with Crippen molar-refractivity contribution in [1.29, 1.82) is 0 Å². The summed E-state index contributed by atoms with van der Waals surface area (Å²) in [5.74, 6) is 1.22. The van der Waals surface area contributed by atoms with E-state index in [1.54, 1.807) is 17.8 Å². The highest BCUT2D eigenvalue weighted by Crippen LogP contribution is 2.20. The van der Waals surface area contributed by atoms with Gasteiger partial charge in [0, 0.05) is 33.7 Å². The molecule has 1 aromatic carbocycles. The molecule has 2 rings (SSSR count). The first-order valence-corrected chi connectivity index (χ1v) is 8.39. The number of nitrogens with zero attached hydrogens (tertiary/aromatic N) is 5. The summed E-state index contributed by atoms with van der Waals surface area (Å²) in [7, 11) is 3.52. The number of benzene rings is 1. The van der Waals surface area contributed by atoms with Crippen molar-refractivity contribution in [3.05, 3.63) is 41.7 Å². The summed E-state index contributed by atoms with van der Waals surface area (Å²) < 4.78 is 16.0. The molecule has 0 unspecified atom stereocenters. The molecular formula is C17H26FN7. The van der Waals surface area contributed by atoms with E-state index >= 15 is 0 Å². The second kappa shape index (κ2) is 9.00. The molecule has 0 amide bonds. The van der Waals surface area contributed by atoms with Crippen LogP contribution in [0.25, 0.3) is 0 Å². The molecule has 0 spiro atoms. The molecule has 0 saturated carbocycles. The number of anilines is 1. The van der Waals surface area contributed by atoms with Gasteiger partial charge in [0.15, 0.2) is 5.96 Å². The Morgan fingerprint density at radius 1 is 1.24 bits per heavy atom. The highest BCUT2D eigenvalue weighted by molar-refractivity contribution is 5.79. The Labute approximate surface area is 148 Å². The first-order chi connectivity index (χ1) is 12.1. The van der Waals surface area contributed by atoms with E-state index in [9.17, 15) is 4.39 Å². The zero-order valence-electron chi connectivity index (χ0n) is 15.3. The van der Waals surface area contributed by atoms with Crippen LogP contribution in [0, 0.1) is 5.82 Å². The van der Waals surface area contributed by atoms with E-state index in [2.05, 4.69) is 25.7 Å². The van der Waals surface area contributed by atoms with Gasteiger partial charge in [-0.2, -0.15) is 5.10 Å². The number of aliphatic imine (C=N–C) groups is 1. The second-order valence-corrected chi connectivity index (χ2v) is 5.54. The van der Waals surface area contributed by atoms with Crippen molar-refractivity contribution < 1.29 is 4.39 Å². The number of aromatic nitrogens is 3. The second-order valence-electron chi connectivity index (χ2n) is 5.54. The van der Waals surface area contributed by atoms with E-state index in [0.717, 1.165) is 24.5 Å². The zero-order valence-corrected chi connectivity index (χ0v) is 15.3. The lowest BCUT2D eigenvalue weighted by Gasteiger charge is -2.22. The average Bonchev–Trinajstić information content (AvgIpc) is 3.03. The van der Waals surface area contributed by atoms with Gasteiger partial charge in [-0.1, -0.05) is 6.07 Å². The van der Waals surface area contributed by atoms with Gasteiger partial charge in [-0.05, 0) is 31.5 Å². The van der Waals surface area contributed by atoms with Crippen LogP contribution < -0.4 is 15.5 Å². The summed E-state index contributed by atoms with van der Waals surface area (Å²) in [4.78, 5) is 10.3. The summed E-state index contributed by atoms with van der Waals surface area (Å²) in [6.07, 6.45) is 1.51. The van der Waals surface area contributed by atoms with Crippen molar-refractivity contribution in [3.63, 3.8) is 0 Å². The van der Waals surface area contributed by atoms with Crippen molar-refractivity contribution in [3.8, 4) is 0 Å². The van der Waals surface area contributed by atoms with Crippen LogP contribution in [0.4, 0.5) is 10.1 Å². The maximum absolute atomic E-state index is 14.3. The number of rotatable bonds is 7. The first kappa shape index (κ1) is 18.7.